The standard InChI is InChI=1S/C23H21NO4/c1-26-20-9-5-8-19(13-20)23(25)24(14-17-6-3-2-4-7-17)15-18-10-11-21-22(12-18)28-16-27-21/h2-13H,14-16H2,1H3. The van der Waals surface area contributed by atoms with E-state index in [1.165, 1.54) is 0 Å². The van der Waals surface area contributed by atoms with Crippen molar-refractivity contribution in [1.82, 2.24) is 4.90 Å². The van der Waals surface area contributed by atoms with Crippen LogP contribution in [0.25, 0.3) is 0 Å². The quantitative estimate of drug-likeness (QED) is 0.646. The lowest BCUT2D eigenvalue weighted by molar-refractivity contribution is 0.0729. The van der Waals surface area contributed by atoms with E-state index >= 15 is 0 Å². The van der Waals surface area contributed by atoms with Gasteiger partial charge in [0.15, 0.2) is 11.5 Å². The number of benzene rings is 3. The first-order chi connectivity index (χ1) is 13.7. The lowest BCUT2D eigenvalue weighted by Gasteiger charge is -2.23. The van der Waals surface area contributed by atoms with Crippen molar-refractivity contribution in [2.75, 3.05) is 13.9 Å². The molecule has 0 aromatic heterocycles. The Balaban J connectivity index is 1.62. The predicted octanol–water partition coefficient (Wildman–Crippen LogP) is 4.27. The van der Waals surface area contributed by atoms with E-state index in [0.29, 0.717) is 30.2 Å². The molecule has 28 heavy (non-hydrogen) atoms. The summed E-state index contributed by atoms with van der Waals surface area (Å²) < 4.78 is 16.1. The van der Waals surface area contributed by atoms with Crippen molar-refractivity contribution < 1.29 is 19.0 Å². The second-order valence-electron chi connectivity index (χ2n) is 6.57. The number of fused-ring (bicyclic) bond motifs is 1. The van der Waals surface area contributed by atoms with Crippen LogP contribution < -0.4 is 14.2 Å². The third kappa shape index (κ3) is 3.93. The van der Waals surface area contributed by atoms with Crippen molar-refractivity contribution >= 4 is 5.91 Å². The van der Waals surface area contributed by atoms with Crippen molar-refractivity contribution in [2.24, 2.45) is 0 Å². The Hall–Kier alpha value is -3.47. The zero-order chi connectivity index (χ0) is 19.3. The predicted molar refractivity (Wildman–Crippen MR) is 106 cm³/mol. The fourth-order valence-corrected chi connectivity index (χ4v) is 3.20. The van der Waals surface area contributed by atoms with Crippen LogP contribution in [0, 0.1) is 0 Å². The Bertz CT molecular complexity index is 971. The molecule has 0 atom stereocenters. The lowest BCUT2D eigenvalue weighted by atomic mass is 10.1. The van der Waals surface area contributed by atoms with Gasteiger partial charge in [0.05, 0.1) is 7.11 Å². The Labute approximate surface area is 164 Å². The molecule has 3 aromatic rings. The number of carbonyl (C=O) groups excluding carboxylic acids is 1. The van der Waals surface area contributed by atoms with E-state index in [1.54, 1.807) is 13.2 Å². The molecule has 3 aromatic carbocycles. The number of rotatable bonds is 6. The van der Waals surface area contributed by atoms with Crippen LogP contribution >= 0.6 is 0 Å². The molecule has 0 bridgehead atoms. The minimum atomic E-state index is -0.0552. The van der Waals surface area contributed by atoms with Crippen molar-refractivity contribution in [3.05, 3.63) is 89.5 Å². The minimum absolute atomic E-state index is 0.0552. The van der Waals surface area contributed by atoms with E-state index in [4.69, 9.17) is 14.2 Å². The number of ether oxygens (including phenoxy) is 3. The van der Waals surface area contributed by atoms with E-state index < -0.39 is 0 Å². The average Bonchev–Trinajstić information content (AvgIpc) is 3.21. The summed E-state index contributed by atoms with van der Waals surface area (Å²) in [4.78, 5) is 15.1. The SMILES string of the molecule is COc1cccc(C(=O)N(Cc2ccccc2)Cc2ccc3c(c2)OCO3)c1. The maximum atomic E-state index is 13.3. The largest absolute Gasteiger partial charge is 0.497 e. The fourth-order valence-electron chi connectivity index (χ4n) is 3.20. The van der Waals surface area contributed by atoms with Crippen LogP contribution in [0.15, 0.2) is 72.8 Å². The van der Waals surface area contributed by atoms with Gasteiger partial charge in [0.2, 0.25) is 6.79 Å². The zero-order valence-corrected chi connectivity index (χ0v) is 15.6. The molecule has 0 aliphatic carbocycles. The maximum Gasteiger partial charge on any atom is 0.254 e. The number of methoxy groups -OCH3 is 1. The molecule has 0 unspecified atom stereocenters. The minimum Gasteiger partial charge on any atom is -0.497 e. The van der Waals surface area contributed by atoms with Crippen molar-refractivity contribution in [3.63, 3.8) is 0 Å². The second kappa shape index (κ2) is 8.05. The van der Waals surface area contributed by atoms with Gasteiger partial charge in [0.1, 0.15) is 5.75 Å². The number of nitrogens with zero attached hydrogens (tertiary/aromatic N) is 1. The first-order valence-corrected chi connectivity index (χ1v) is 9.09. The molecule has 0 radical (unpaired) electrons. The molecule has 0 N–H and O–H groups in total. The van der Waals surface area contributed by atoms with Gasteiger partial charge in [-0.15, -0.1) is 0 Å². The normalized spacial score (nSPS) is 11.9. The first-order valence-electron chi connectivity index (χ1n) is 9.09. The second-order valence-corrected chi connectivity index (χ2v) is 6.57. The van der Waals surface area contributed by atoms with Gasteiger partial charge >= 0.3 is 0 Å². The van der Waals surface area contributed by atoms with Crippen LogP contribution in [0.5, 0.6) is 17.2 Å². The van der Waals surface area contributed by atoms with Gasteiger partial charge in [-0.3, -0.25) is 4.79 Å². The van der Waals surface area contributed by atoms with E-state index in [2.05, 4.69) is 0 Å². The van der Waals surface area contributed by atoms with Crippen LogP contribution in [-0.4, -0.2) is 24.7 Å². The highest BCUT2D eigenvalue weighted by Crippen LogP contribution is 2.33. The van der Waals surface area contributed by atoms with E-state index in [9.17, 15) is 4.79 Å². The van der Waals surface area contributed by atoms with E-state index in [0.717, 1.165) is 16.9 Å². The molecule has 0 saturated heterocycles. The zero-order valence-electron chi connectivity index (χ0n) is 15.6. The third-order valence-corrected chi connectivity index (χ3v) is 4.63. The number of hydrogen-bond acceptors (Lipinski definition) is 4. The third-order valence-electron chi connectivity index (χ3n) is 4.63. The number of hydrogen-bond donors (Lipinski definition) is 0. The van der Waals surface area contributed by atoms with Gasteiger partial charge in [-0.2, -0.15) is 0 Å². The number of carbonyl (C=O) groups is 1. The number of amides is 1. The molecule has 1 heterocycles. The van der Waals surface area contributed by atoms with Gasteiger partial charge in [-0.25, -0.2) is 0 Å². The highest BCUT2D eigenvalue weighted by Gasteiger charge is 2.19. The molecular weight excluding hydrogens is 354 g/mol. The molecule has 0 fully saturated rings. The molecule has 5 heteroatoms. The van der Waals surface area contributed by atoms with Gasteiger partial charge in [0, 0.05) is 18.7 Å². The van der Waals surface area contributed by atoms with Crippen molar-refractivity contribution in [2.45, 2.75) is 13.1 Å². The van der Waals surface area contributed by atoms with Gasteiger partial charge in [0.25, 0.3) is 5.91 Å². The summed E-state index contributed by atoms with van der Waals surface area (Å²) in [5.41, 5.74) is 2.65. The monoisotopic (exact) mass is 375 g/mol. The smallest absolute Gasteiger partial charge is 0.254 e. The lowest BCUT2D eigenvalue weighted by Crippen LogP contribution is -2.30. The molecule has 5 nitrogen and oxygen atoms in total. The van der Waals surface area contributed by atoms with Crippen LogP contribution in [0.4, 0.5) is 0 Å². The maximum absolute atomic E-state index is 13.3. The summed E-state index contributed by atoms with van der Waals surface area (Å²) in [7, 11) is 1.60. The van der Waals surface area contributed by atoms with Crippen LogP contribution in [0.1, 0.15) is 21.5 Å². The Kier molecular flexibility index (Phi) is 5.15. The Morgan fingerprint density at radius 3 is 2.50 bits per heavy atom. The fraction of sp³-hybridized carbons (Fsp3) is 0.174. The molecule has 1 aliphatic heterocycles. The summed E-state index contributed by atoms with van der Waals surface area (Å²) in [6.07, 6.45) is 0. The summed E-state index contributed by atoms with van der Waals surface area (Å²) in [6, 6.07) is 23.0. The molecule has 142 valence electrons. The van der Waals surface area contributed by atoms with Crippen LogP contribution in [0.3, 0.4) is 0 Å². The van der Waals surface area contributed by atoms with Crippen LogP contribution in [-0.2, 0) is 13.1 Å². The first kappa shape index (κ1) is 17.9. The summed E-state index contributed by atoms with van der Waals surface area (Å²) >= 11 is 0. The van der Waals surface area contributed by atoms with Crippen LogP contribution in [0.2, 0.25) is 0 Å². The molecule has 1 aliphatic rings. The Morgan fingerprint density at radius 2 is 1.68 bits per heavy atom. The highest BCUT2D eigenvalue weighted by atomic mass is 16.7. The molecule has 0 spiro atoms. The van der Waals surface area contributed by atoms with Crippen molar-refractivity contribution in [1.29, 1.82) is 0 Å². The van der Waals surface area contributed by atoms with E-state index in [-0.39, 0.29) is 12.7 Å². The van der Waals surface area contributed by atoms with Gasteiger partial charge in [-0.05, 0) is 41.5 Å². The summed E-state index contributed by atoms with van der Waals surface area (Å²) in [5, 5.41) is 0. The Morgan fingerprint density at radius 1 is 0.893 bits per heavy atom. The molecular formula is C23H21NO4. The van der Waals surface area contributed by atoms with Crippen molar-refractivity contribution in [3.8, 4) is 17.2 Å². The van der Waals surface area contributed by atoms with Gasteiger partial charge < -0.3 is 19.1 Å². The summed E-state index contributed by atoms with van der Waals surface area (Å²) in [5.74, 6) is 2.05. The van der Waals surface area contributed by atoms with Gasteiger partial charge in [-0.1, -0.05) is 42.5 Å². The molecule has 1 amide bonds. The van der Waals surface area contributed by atoms with E-state index in [1.807, 2.05) is 71.6 Å². The molecule has 4 rings (SSSR count). The molecule has 0 saturated carbocycles. The highest BCUT2D eigenvalue weighted by molar-refractivity contribution is 5.94. The average molecular weight is 375 g/mol. The topological polar surface area (TPSA) is 48.0 Å². The summed E-state index contributed by atoms with van der Waals surface area (Å²) in [6.45, 7) is 1.20.